The van der Waals surface area contributed by atoms with Crippen molar-refractivity contribution in [1.82, 2.24) is 0 Å². The van der Waals surface area contributed by atoms with Gasteiger partial charge in [-0.2, -0.15) is 0 Å². The van der Waals surface area contributed by atoms with Crippen LogP contribution in [0.1, 0.15) is 18.4 Å². The molecule has 1 aromatic carbocycles. The molecule has 0 radical (unpaired) electrons. The Morgan fingerprint density at radius 2 is 1.94 bits per heavy atom. The van der Waals surface area contributed by atoms with Crippen molar-refractivity contribution in [3.63, 3.8) is 0 Å². The Balaban J connectivity index is 2.14. The minimum atomic E-state index is 0.148. The zero-order chi connectivity index (χ0) is 11.4. The van der Waals surface area contributed by atoms with E-state index in [0.29, 0.717) is 0 Å². The van der Waals surface area contributed by atoms with E-state index in [1.165, 1.54) is 11.1 Å². The summed E-state index contributed by atoms with van der Waals surface area (Å²) in [4.78, 5) is 0. The molecule has 0 amide bonds. The minimum Gasteiger partial charge on any atom is -0.0927 e. The second-order valence-corrected chi connectivity index (χ2v) is 6.41. The highest BCUT2D eigenvalue weighted by Gasteiger charge is 2.23. The quantitative estimate of drug-likeness (QED) is 0.682. The van der Waals surface area contributed by atoms with Gasteiger partial charge in [-0.05, 0) is 24.0 Å². The van der Waals surface area contributed by atoms with Crippen molar-refractivity contribution < 1.29 is 0 Å². The third-order valence-corrected chi connectivity index (χ3v) is 4.22. The van der Waals surface area contributed by atoms with Gasteiger partial charge in [0.2, 0.25) is 0 Å². The number of rotatable bonds is 3. The van der Waals surface area contributed by atoms with E-state index in [4.69, 9.17) is 0 Å². The van der Waals surface area contributed by atoms with E-state index < -0.39 is 0 Å². The van der Waals surface area contributed by atoms with Crippen LogP contribution in [0.3, 0.4) is 0 Å². The summed E-state index contributed by atoms with van der Waals surface area (Å²) >= 11 is 7.29. The van der Waals surface area contributed by atoms with Crippen LogP contribution < -0.4 is 0 Å². The summed E-state index contributed by atoms with van der Waals surface area (Å²) in [7, 11) is 0. The number of hydrogen-bond donors (Lipinski definition) is 0. The summed E-state index contributed by atoms with van der Waals surface area (Å²) in [6.07, 6.45) is 8.97. The van der Waals surface area contributed by atoms with Gasteiger partial charge in [0, 0.05) is 9.65 Å². The van der Waals surface area contributed by atoms with E-state index in [2.05, 4.69) is 80.4 Å². The Morgan fingerprint density at radius 3 is 2.50 bits per heavy atom. The molecule has 1 aliphatic carbocycles. The van der Waals surface area contributed by atoms with E-state index in [0.717, 1.165) is 18.2 Å². The van der Waals surface area contributed by atoms with Crippen molar-refractivity contribution in [2.24, 2.45) is 0 Å². The average molecular weight is 342 g/mol. The number of allylic oxidation sites excluding steroid dienone is 4. The maximum Gasteiger partial charge on any atom is 0.0482 e. The first-order chi connectivity index (χ1) is 7.73. The predicted molar refractivity (Wildman–Crippen MR) is 78.2 cm³/mol. The van der Waals surface area contributed by atoms with Gasteiger partial charge in [0.1, 0.15) is 0 Å². The first kappa shape index (κ1) is 12.1. The molecule has 0 saturated carbocycles. The number of halogens is 2. The van der Waals surface area contributed by atoms with Crippen LogP contribution in [0.25, 0.3) is 5.57 Å². The van der Waals surface area contributed by atoms with Gasteiger partial charge in [-0.3, -0.25) is 0 Å². The van der Waals surface area contributed by atoms with Crippen LogP contribution in [-0.2, 0) is 0 Å². The molecule has 0 aliphatic heterocycles. The van der Waals surface area contributed by atoms with Gasteiger partial charge in [0.15, 0.2) is 0 Å². The molecule has 0 N–H and O–H groups in total. The summed E-state index contributed by atoms with van der Waals surface area (Å²) in [6, 6.07) is 10.5. The lowest BCUT2D eigenvalue weighted by molar-refractivity contribution is 0.714. The first-order valence-electron chi connectivity index (χ1n) is 5.43. The largest absolute Gasteiger partial charge is 0.0927 e. The van der Waals surface area contributed by atoms with E-state index >= 15 is 0 Å². The molecular weight excluding hydrogens is 328 g/mol. The molecule has 1 aromatic rings. The van der Waals surface area contributed by atoms with E-state index in [-0.39, 0.29) is 4.32 Å². The maximum absolute atomic E-state index is 3.79. The monoisotopic (exact) mass is 340 g/mol. The Kier molecular flexibility index (Phi) is 4.04. The standard InChI is InChI=1S/C14H14Br2/c15-11-10-14(16)8-6-13(7-9-14)12-4-2-1-3-5-12/h1-8H,9-11H2. The molecule has 84 valence electrons. The first-order valence-corrected chi connectivity index (χ1v) is 7.35. The molecule has 0 saturated heterocycles. The lowest BCUT2D eigenvalue weighted by atomic mass is 9.91. The van der Waals surface area contributed by atoms with Crippen molar-refractivity contribution in [3.8, 4) is 0 Å². The zero-order valence-electron chi connectivity index (χ0n) is 9.00. The fourth-order valence-electron chi connectivity index (χ4n) is 1.84. The zero-order valence-corrected chi connectivity index (χ0v) is 12.2. The highest BCUT2D eigenvalue weighted by atomic mass is 79.9. The second kappa shape index (κ2) is 5.33. The Labute approximate surface area is 114 Å². The molecule has 0 nitrogen and oxygen atoms in total. The highest BCUT2D eigenvalue weighted by molar-refractivity contribution is 9.10. The predicted octanol–water partition coefficient (Wildman–Crippen LogP) is 4.95. The molecule has 1 atom stereocenters. The molecule has 1 aliphatic rings. The van der Waals surface area contributed by atoms with E-state index in [1.807, 2.05) is 0 Å². The average Bonchev–Trinajstić information content (AvgIpc) is 2.31. The van der Waals surface area contributed by atoms with Crippen LogP contribution in [0, 0.1) is 0 Å². The Hall–Kier alpha value is -0.340. The van der Waals surface area contributed by atoms with Gasteiger partial charge in [-0.25, -0.2) is 0 Å². The fraction of sp³-hybridized carbons (Fsp3) is 0.286. The van der Waals surface area contributed by atoms with E-state index in [1.54, 1.807) is 0 Å². The molecule has 1 unspecified atom stereocenters. The molecule has 0 fully saturated rings. The van der Waals surface area contributed by atoms with Gasteiger partial charge in [-0.1, -0.05) is 80.4 Å². The SMILES string of the molecule is BrCCC1(Br)C=CC(c2ccccc2)=CC1. The van der Waals surface area contributed by atoms with Crippen LogP contribution in [0.15, 0.2) is 48.6 Å². The minimum absolute atomic E-state index is 0.148. The van der Waals surface area contributed by atoms with Crippen molar-refractivity contribution in [1.29, 1.82) is 0 Å². The maximum atomic E-state index is 3.79. The molecule has 0 aromatic heterocycles. The Bertz CT molecular complexity index is 406. The van der Waals surface area contributed by atoms with Crippen LogP contribution in [0.5, 0.6) is 0 Å². The lowest BCUT2D eigenvalue weighted by Crippen LogP contribution is -2.19. The van der Waals surface area contributed by atoms with Gasteiger partial charge in [0.05, 0.1) is 0 Å². The summed E-state index contributed by atoms with van der Waals surface area (Å²) in [5.41, 5.74) is 2.62. The summed E-state index contributed by atoms with van der Waals surface area (Å²) < 4.78 is 0.148. The molecule has 0 heterocycles. The number of hydrogen-bond acceptors (Lipinski definition) is 0. The molecular formula is C14H14Br2. The summed E-state index contributed by atoms with van der Waals surface area (Å²) in [5, 5.41) is 1.02. The number of benzene rings is 1. The fourth-order valence-corrected chi connectivity index (χ4v) is 3.57. The normalized spacial score (nSPS) is 24.2. The van der Waals surface area contributed by atoms with Gasteiger partial charge >= 0.3 is 0 Å². The topological polar surface area (TPSA) is 0 Å². The third-order valence-electron chi connectivity index (χ3n) is 2.84. The van der Waals surface area contributed by atoms with Gasteiger partial charge < -0.3 is 0 Å². The van der Waals surface area contributed by atoms with Crippen LogP contribution in [0.2, 0.25) is 0 Å². The molecule has 0 spiro atoms. The summed E-state index contributed by atoms with van der Waals surface area (Å²) in [5.74, 6) is 0. The van der Waals surface area contributed by atoms with Crippen molar-refractivity contribution >= 4 is 37.4 Å². The van der Waals surface area contributed by atoms with Crippen molar-refractivity contribution in [2.45, 2.75) is 17.2 Å². The smallest absolute Gasteiger partial charge is 0.0482 e. The van der Waals surface area contributed by atoms with Crippen molar-refractivity contribution in [3.05, 3.63) is 54.1 Å². The van der Waals surface area contributed by atoms with Crippen molar-refractivity contribution in [2.75, 3.05) is 5.33 Å². The highest BCUT2D eigenvalue weighted by Crippen LogP contribution is 2.35. The Morgan fingerprint density at radius 1 is 1.19 bits per heavy atom. The molecule has 16 heavy (non-hydrogen) atoms. The van der Waals surface area contributed by atoms with Crippen LogP contribution in [-0.4, -0.2) is 9.65 Å². The third kappa shape index (κ3) is 2.86. The van der Waals surface area contributed by atoms with Crippen LogP contribution in [0.4, 0.5) is 0 Å². The van der Waals surface area contributed by atoms with Gasteiger partial charge in [0.25, 0.3) is 0 Å². The molecule has 2 rings (SSSR count). The van der Waals surface area contributed by atoms with Crippen LogP contribution >= 0.6 is 31.9 Å². The second-order valence-electron chi connectivity index (χ2n) is 4.04. The number of alkyl halides is 2. The molecule has 2 heteroatoms. The van der Waals surface area contributed by atoms with E-state index in [9.17, 15) is 0 Å². The lowest BCUT2D eigenvalue weighted by Gasteiger charge is -2.25. The summed E-state index contributed by atoms with van der Waals surface area (Å²) in [6.45, 7) is 0. The molecule has 0 bridgehead atoms. The van der Waals surface area contributed by atoms with Gasteiger partial charge in [-0.15, -0.1) is 0 Å².